The molecule has 0 radical (unpaired) electrons. The van der Waals surface area contributed by atoms with Crippen LogP contribution >= 0.6 is 12.4 Å². The molecule has 3 rings (SSSR count). The molecule has 1 amide bonds. The van der Waals surface area contributed by atoms with Gasteiger partial charge in [-0.25, -0.2) is 8.42 Å². The quantitative estimate of drug-likeness (QED) is 0.721. The van der Waals surface area contributed by atoms with Crippen LogP contribution in [0.25, 0.3) is 0 Å². The first-order chi connectivity index (χ1) is 13.0. The van der Waals surface area contributed by atoms with Crippen LogP contribution in [-0.4, -0.2) is 55.0 Å². The van der Waals surface area contributed by atoms with Gasteiger partial charge in [-0.15, -0.1) is 12.4 Å². The van der Waals surface area contributed by atoms with Gasteiger partial charge in [0.2, 0.25) is 15.9 Å². The van der Waals surface area contributed by atoms with E-state index in [1.54, 1.807) is 4.90 Å². The predicted molar refractivity (Wildman–Crippen MR) is 114 cm³/mol. The van der Waals surface area contributed by atoms with Gasteiger partial charge in [-0.2, -0.15) is 4.31 Å². The highest BCUT2D eigenvalue weighted by Crippen LogP contribution is 2.29. The predicted octanol–water partition coefficient (Wildman–Crippen LogP) is 2.38. The lowest BCUT2D eigenvalue weighted by atomic mass is 10.0. The van der Waals surface area contributed by atoms with Gasteiger partial charge in [0, 0.05) is 38.6 Å². The van der Waals surface area contributed by atoms with Gasteiger partial charge >= 0.3 is 0 Å². The third-order valence-corrected chi connectivity index (χ3v) is 8.01. The van der Waals surface area contributed by atoms with Gasteiger partial charge in [0.15, 0.2) is 0 Å². The number of sulfonamides is 1. The summed E-state index contributed by atoms with van der Waals surface area (Å²) in [5.41, 5.74) is 6.65. The van der Waals surface area contributed by atoms with Gasteiger partial charge in [0.1, 0.15) is 0 Å². The summed E-state index contributed by atoms with van der Waals surface area (Å²) in [5, 5.41) is -0.535. The van der Waals surface area contributed by atoms with E-state index in [1.165, 1.54) is 4.31 Å². The number of piperidine rings is 1. The van der Waals surface area contributed by atoms with Crippen molar-refractivity contribution in [2.24, 2.45) is 11.7 Å². The molecule has 0 spiro atoms. The third-order valence-electron chi connectivity index (χ3n) is 5.76. The topological polar surface area (TPSA) is 83.7 Å². The van der Waals surface area contributed by atoms with Crippen molar-refractivity contribution in [1.82, 2.24) is 9.21 Å². The van der Waals surface area contributed by atoms with Crippen molar-refractivity contribution >= 4 is 28.3 Å². The van der Waals surface area contributed by atoms with E-state index in [-0.39, 0.29) is 30.8 Å². The summed E-state index contributed by atoms with van der Waals surface area (Å²) in [6.07, 6.45) is 5.44. The van der Waals surface area contributed by atoms with Crippen molar-refractivity contribution in [1.29, 1.82) is 0 Å². The normalized spacial score (nSPS) is 20.9. The molecular formula is C20H32ClN3O3S. The molecule has 2 fully saturated rings. The number of carbonyl (C=O) groups excluding carboxylic acids is 1. The minimum atomic E-state index is -3.51. The molecule has 0 aromatic heterocycles. The second-order valence-electron chi connectivity index (χ2n) is 7.68. The van der Waals surface area contributed by atoms with E-state index >= 15 is 0 Å². The Morgan fingerprint density at radius 3 is 2.43 bits per heavy atom. The zero-order chi connectivity index (χ0) is 19.3. The number of nitrogens with zero attached hydrogens (tertiary/aromatic N) is 2. The van der Waals surface area contributed by atoms with Crippen LogP contribution in [0.3, 0.4) is 0 Å². The fourth-order valence-corrected chi connectivity index (χ4v) is 6.19. The molecule has 1 aliphatic carbocycles. The Labute approximate surface area is 174 Å². The van der Waals surface area contributed by atoms with E-state index in [2.05, 4.69) is 0 Å². The Hall–Kier alpha value is -1.15. The Kier molecular flexibility index (Phi) is 8.74. The van der Waals surface area contributed by atoms with Crippen LogP contribution in [0.2, 0.25) is 0 Å². The molecule has 1 unspecified atom stereocenters. The SMILES string of the molecule is Cl.NCCN(Cc1ccccc1)S(=O)(=O)C1CCCN(C(=O)C2CCCC2)C1. The largest absolute Gasteiger partial charge is 0.341 e. The van der Waals surface area contributed by atoms with E-state index < -0.39 is 15.3 Å². The fraction of sp³-hybridized carbons (Fsp3) is 0.650. The van der Waals surface area contributed by atoms with Crippen LogP contribution in [0.15, 0.2) is 30.3 Å². The van der Waals surface area contributed by atoms with E-state index in [0.29, 0.717) is 32.6 Å². The van der Waals surface area contributed by atoms with Crippen molar-refractivity contribution in [3.05, 3.63) is 35.9 Å². The summed E-state index contributed by atoms with van der Waals surface area (Å²) in [6, 6.07) is 9.58. The second-order valence-corrected chi connectivity index (χ2v) is 9.90. The van der Waals surface area contributed by atoms with Crippen molar-refractivity contribution in [3.8, 4) is 0 Å². The standard InChI is InChI=1S/C20H31N3O3S.ClH/c21-12-14-23(15-17-7-2-1-3-8-17)27(25,26)19-11-6-13-22(16-19)20(24)18-9-4-5-10-18;/h1-3,7-8,18-19H,4-6,9-16,21H2;1H. The first-order valence-electron chi connectivity index (χ1n) is 10.0. The highest BCUT2D eigenvalue weighted by molar-refractivity contribution is 7.89. The summed E-state index contributed by atoms with van der Waals surface area (Å²) < 4.78 is 28.1. The number of hydrogen-bond acceptors (Lipinski definition) is 4. The highest BCUT2D eigenvalue weighted by Gasteiger charge is 2.38. The molecule has 1 aliphatic heterocycles. The molecule has 2 aliphatic rings. The number of nitrogens with two attached hydrogens (primary N) is 1. The number of carbonyl (C=O) groups is 1. The Balaban J connectivity index is 0.00000280. The second kappa shape index (κ2) is 10.6. The van der Waals surface area contributed by atoms with Gasteiger partial charge in [-0.3, -0.25) is 4.79 Å². The molecule has 2 N–H and O–H groups in total. The smallest absolute Gasteiger partial charge is 0.225 e. The zero-order valence-corrected chi connectivity index (χ0v) is 18.0. The van der Waals surface area contributed by atoms with Crippen LogP contribution in [0.4, 0.5) is 0 Å². The minimum absolute atomic E-state index is 0. The van der Waals surface area contributed by atoms with E-state index in [0.717, 1.165) is 37.7 Å². The summed E-state index contributed by atoms with van der Waals surface area (Å²) in [4.78, 5) is 14.6. The number of benzene rings is 1. The Bertz CT molecular complexity index is 723. The summed E-state index contributed by atoms with van der Waals surface area (Å²) in [5.74, 6) is 0.247. The summed E-state index contributed by atoms with van der Waals surface area (Å²) >= 11 is 0. The molecule has 1 aromatic rings. The van der Waals surface area contributed by atoms with Gasteiger partial charge in [0.25, 0.3) is 0 Å². The van der Waals surface area contributed by atoms with Crippen molar-refractivity contribution in [3.63, 3.8) is 0 Å². The number of hydrogen-bond donors (Lipinski definition) is 1. The number of likely N-dealkylation sites (tertiary alicyclic amines) is 1. The summed E-state index contributed by atoms with van der Waals surface area (Å²) in [6.45, 7) is 1.89. The number of halogens is 1. The van der Waals surface area contributed by atoms with Gasteiger partial charge in [0.05, 0.1) is 5.25 Å². The van der Waals surface area contributed by atoms with E-state index in [4.69, 9.17) is 5.73 Å². The molecule has 8 heteroatoms. The molecular weight excluding hydrogens is 398 g/mol. The average Bonchev–Trinajstić information content (AvgIpc) is 3.23. The maximum Gasteiger partial charge on any atom is 0.225 e. The van der Waals surface area contributed by atoms with E-state index in [9.17, 15) is 13.2 Å². The molecule has 1 saturated carbocycles. The first-order valence-corrected chi connectivity index (χ1v) is 11.5. The maximum absolute atomic E-state index is 13.3. The lowest BCUT2D eigenvalue weighted by Crippen LogP contribution is -2.51. The Morgan fingerprint density at radius 1 is 1.11 bits per heavy atom. The highest BCUT2D eigenvalue weighted by atomic mass is 35.5. The summed E-state index contributed by atoms with van der Waals surface area (Å²) in [7, 11) is -3.51. The Morgan fingerprint density at radius 2 is 1.79 bits per heavy atom. The van der Waals surface area contributed by atoms with E-state index in [1.807, 2.05) is 30.3 Å². The molecule has 0 bridgehead atoms. The zero-order valence-electron chi connectivity index (χ0n) is 16.3. The van der Waals surface area contributed by atoms with Gasteiger partial charge in [-0.1, -0.05) is 43.2 Å². The number of amides is 1. The molecule has 28 heavy (non-hydrogen) atoms. The molecule has 1 aromatic carbocycles. The van der Waals surface area contributed by atoms with Gasteiger partial charge < -0.3 is 10.6 Å². The lowest BCUT2D eigenvalue weighted by Gasteiger charge is -2.36. The van der Waals surface area contributed by atoms with Crippen LogP contribution in [0, 0.1) is 5.92 Å². The molecule has 158 valence electrons. The van der Waals surface area contributed by atoms with Gasteiger partial charge in [-0.05, 0) is 31.2 Å². The minimum Gasteiger partial charge on any atom is -0.341 e. The van der Waals surface area contributed by atoms with Crippen LogP contribution in [-0.2, 0) is 21.4 Å². The molecule has 1 heterocycles. The fourth-order valence-electron chi connectivity index (χ4n) is 4.25. The molecule has 1 saturated heterocycles. The van der Waals surface area contributed by atoms with Crippen LogP contribution < -0.4 is 5.73 Å². The lowest BCUT2D eigenvalue weighted by molar-refractivity contribution is -0.136. The average molecular weight is 430 g/mol. The molecule has 6 nitrogen and oxygen atoms in total. The van der Waals surface area contributed by atoms with Crippen LogP contribution in [0.1, 0.15) is 44.1 Å². The third kappa shape index (κ3) is 5.47. The number of rotatable bonds is 7. The van der Waals surface area contributed by atoms with Crippen molar-refractivity contribution < 1.29 is 13.2 Å². The van der Waals surface area contributed by atoms with Crippen molar-refractivity contribution in [2.75, 3.05) is 26.2 Å². The maximum atomic E-state index is 13.3. The van der Waals surface area contributed by atoms with Crippen LogP contribution in [0.5, 0.6) is 0 Å². The molecule has 1 atom stereocenters. The monoisotopic (exact) mass is 429 g/mol. The van der Waals surface area contributed by atoms with Crippen molar-refractivity contribution in [2.45, 2.75) is 50.3 Å². The first kappa shape index (κ1) is 23.1.